The molecule has 0 saturated heterocycles. The molecule has 0 spiro atoms. The first-order valence-electron chi connectivity index (χ1n) is 5.71. The summed E-state index contributed by atoms with van der Waals surface area (Å²) in [4.78, 5) is 20.3. The van der Waals surface area contributed by atoms with E-state index in [2.05, 4.69) is 15.3 Å². The van der Waals surface area contributed by atoms with E-state index in [1.165, 1.54) is 36.4 Å². The van der Waals surface area contributed by atoms with Gasteiger partial charge in [-0.2, -0.15) is 0 Å². The van der Waals surface area contributed by atoms with Gasteiger partial charge in [0.1, 0.15) is 5.15 Å². The quantitative estimate of drug-likeness (QED) is 0.872. The SMILES string of the molecule is O=C(Nc1nc(C2CC2)cs1)c1cc(Cl)ncc1Cl. The molecular formula is C12H9Cl2N3OS. The predicted molar refractivity (Wildman–Crippen MR) is 76.3 cm³/mol. The topological polar surface area (TPSA) is 54.9 Å². The molecule has 1 N–H and O–H groups in total. The number of amides is 1. The molecule has 2 aromatic heterocycles. The molecule has 4 nitrogen and oxygen atoms in total. The zero-order valence-corrected chi connectivity index (χ0v) is 12.0. The van der Waals surface area contributed by atoms with Crippen molar-refractivity contribution in [3.05, 3.63) is 39.1 Å². The van der Waals surface area contributed by atoms with Crippen LogP contribution in [0.5, 0.6) is 0 Å². The zero-order valence-electron chi connectivity index (χ0n) is 9.69. The number of hydrogen-bond acceptors (Lipinski definition) is 4. The molecule has 19 heavy (non-hydrogen) atoms. The van der Waals surface area contributed by atoms with Crippen molar-refractivity contribution >= 4 is 45.6 Å². The molecule has 0 unspecified atom stereocenters. The van der Waals surface area contributed by atoms with Crippen LogP contribution in [0.1, 0.15) is 34.8 Å². The van der Waals surface area contributed by atoms with Crippen LogP contribution < -0.4 is 5.32 Å². The summed E-state index contributed by atoms with van der Waals surface area (Å²) >= 11 is 13.1. The molecule has 1 saturated carbocycles. The first-order valence-corrected chi connectivity index (χ1v) is 7.35. The highest BCUT2D eigenvalue weighted by Crippen LogP contribution is 2.40. The van der Waals surface area contributed by atoms with Gasteiger partial charge in [0.05, 0.1) is 16.3 Å². The smallest absolute Gasteiger partial charge is 0.259 e. The fourth-order valence-corrected chi connectivity index (χ4v) is 2.80. The zero-order chi connectivity index (χ0) is 13.4. The summed E-state index contributed by atoms with van der Waals surface area (Å²) in [5.74, 6) is 0.242. The summed E-state index contributed by atoms with van der Waals surface area (Å²) in [6.07, 6.45) is 3.72. The number of anilines is 1. The van der Waals surface area contributed by atoms with Gasteiger partial charge in [-0.3, -0.25) is 10.1 Å². The molecule has 7 heteroatoms. The van der Waals surface area contributed by atoms with Gasteiger partial charge in [-0.05, 0) is 18.9 Å². The highest BCUT2D eigenvalue weighted by Gasteiger charge is 2.26. The lowest BCUT2D eigenvalue weighted by Gasteiger charge is -2.03. The van der Waals surface area contributed by atoms with E-state index in [1.807, 2.05) is 5.38 Å². The summed E-state index contributed by atoms with van der Waals surface area (Å²) in [6, 6.07) is 1.44. The standard InChI is InChI=1S/C12H9Cl2N3OS/c13-8-4-15-10(14)3-7(8)11(18)17-12-16-9(5-19-12)6-1-2-6/h3-6H,1-2H2,(H,16,17,18). The van der Waals surface area contributed by atoms with Crippen LogP contribution in [-0.2, 0) is 0 Å². The number of thiazole rings is 1. The minimum atomic E-state index is -0.328. The number of hydrogen-bond donors (Lipinski definition) is 1. The number of pyridine rings is 1. The fourth-order valence-electron chi connectivity index (χ4n) is 1.66. The predicted octanol–water partition coefficient (Wildman–Crippen LogP) is 3.97. The van der Waals surface area contributed by atoms with Gasteiger partial charge >= 0.3 is 0 Å². The summed E-state index contributed by atoms with van der Waals surface area (Å²) in [5, 5.41) is 5.78. The number of nitrogens with one attached hydrogen (secondary N) is 1. The van der Waals surface area contributed by atoms with Gasteiger partial charge in [0, 0.05) is 17.5 Å². The maximum atomic E-state index is 12.1. The van der Waals surface area contributed by atoms with Crippen molar-refractivity contribution in [2.75, 3.05) is 5.32 Å². The first-order chi connectivity index (χ1) is 9.13. The van der Waals surface area contributed by atoms with Gasteiger partial charge in [-0.1, -0.05) is 23.2 Å². The Hall–Kier alpha value is -1.17. The Kier molecular flexibility index (Phi) is 3.43. The average molecular weight is 314 g/mol. The van der Waals surface area contributed by atoms with Crippen molar-refractivity contribution < 1.29 is 4.79 Å². The number of halogens is 2. The third-order valence-corrected chi connectivity index (χ3v) is 4.09. The maximum absolute atomic E-state index is 12.1. The van der Waals surface area contributed by atoms with Crippen molar-refractivity contribution in [1.29, 1.82) is 0 Å². The number of carbonyl (C=O) groups is 1. The van der Waals surface area contributed by atoms with Gasteiger partial charge in [-0.15, -0.1) is 11.3 Å². The van der Waals surface area contributed by atoms with Crippen molar-refractivity contribution in [3.8, 4) is 0 Å². The van der Waals surface area contributed by atoms with Crippen LogP contribution in [0.15, 0.2) is 17.6 Å². The van der Waals surface area contributed by atoms with Crippen LogP contribution in [0.2, 0.25) is 10.2 Å². The van der Waals surface area contributed by atoms with Crippen molar-refractivity contribution in [2.24, 2.45) is 0 Å². The number of carbonyl (C=O) groups excluding carboxylic acids is 1. The summed E-state index contributed by atoms with van der Waals surface area (Å²) in [7, 11) is 0. The lowest BCUT2D eigenvalue weighted by molar-refractivity contribution is 0.102. The van der Waals surface area contributed by atoms with Crippen LogP contribution in [0.25, 0.3) is 0 Å². The second-order valence-electron chi connectivity index (χ2n) is 4.29. The van der Waals surface area contributed by atoms with Crippen molar-refractivity contribution in [2.45, 2.75) is 18.8 Å². The first kappa shape index (κ1) is 12.8. The van der Waals surface area contributed by atoms with E-state index >= 15 is 0 Å². The number of aromatic nitrogens is 2. The number of nitrogens with zero attached hydrogens (tertiary/aromatic N) is 2. The highest BCUT2D eigenvalue weighted by molar-refractivity contribution is 7.14. The molecule has 1 aliphatic rings. The Morgan fingerprint density at radius 2 is 2.21 bits per heavy atom. The molecule has 0 bridgehead atoms. The summed E-state index contributed by atoms with van der Waals surface area (Å²) < 4.78 is 0. The molecule has 0 aliphatic heterocycles. The molecule has 0 atom stereocenters. The third kappa shape index (κ3) is 2.88. The molecule has 1 amide bonds. The van der Waals surface area contributed by atoms with E-state index in [-0.39, 0.29) is 16.1 Å². The second kappa shape index (κ2) is 5.07. The molecule has 2 aromatic rings. The molecular weight excluding hydrogens is 305 g/mol. The fraction of sp³-hybridized carbons (Fsp3) is 0.250. The molecule has 98 valence electrons. The van der Waals surface area contributed by atoms with E-state index in [0.717, 1.165) is 5.69 Å². The molecule has 2 heterocycles. The summed E-state index contributed by atoms with van der Waals surface area (Å²) in [5.41, 5.74) is 1.35. The van der Waals surface area contributed by atoms with Gasteiger partial charge in [0.15, 0.2) is 5.13 Å². The molecule has 1 aliphatic carbocycles. The van der Waals surface area contributed by atoms with Crippen LogP contribution in [0.4, 0.5) is 5.13 Å². The van der Waals surface area contributed by atoms with Gasteiger partial charge in [0.2, 0.25) is 0 Å². The molecule has 0 radical (unpaired) electrons. The maximum Gasteiger partial charge on any atom is 0.259 e. The Balaban J connectivity index is 1.77. The number of rotatable bonds is 3. The lowest BCUT2D eigenvalue weighted by atomic mass is 10.2. The second-order valence-corrected chi connectivity index (χ2v) is 5.95. The highest BCUT2D eigenvalue weighted by atomic mass is 35.5. The Morgan fingerprint density at radius 1 is 1.42 bits per heavy atom. The summed E-state index contributed by atoms with van der Waals surface area (Å²) in [6.45, 7) is 0. The van der Waals surface area contributed by atoms with Crippen LogP contribution in [0.3, 0.4) is 0 Å². The third-order valence-electron chi connectivity index (χ3n) is 2.80. The van der Waals surface area contributed by atoms with Gasteiger partial charge in [-0.25, -0.2) is 9.97 Å². The van der Waals surface area contributed by atoms with E-state index in [0.29, 0.717) is 16.6 Å². The largest absolute Gasteiger partial charge is 0.298 e. The van der Waals surface area contributed by atoms with Crippen LogP contribution in [0, 0.1) is 0 Å². The van der Waals surface area contributed by atoms with E-state index < -0.39 is 0 Å². The van der Waals surface area contributed by atoms with E-state index in [4.69, 9.17) is 23.2 Å². The minimum absolute atomic E-state index is 0.229. The Labute approximate surface area is 123 Å². The monoisotopic (exact) mass is 313 g/mol. The lowest BCUT2D eigenvalue weighted by Crippen LogP contribution is -2.12. The Bertz CT molecular complexity index is 640. The Morgan fingerprint density at radius 3 is 2.95 bits per heavy atom. The molecule has 0 aromatic carbocycles. The normalized spacial score (nSPS) is 14.4. The van der Waals surface area contributed by atoms with Crippen LogP contribution >= 0.6 is 34.5 Å². The van der Waals surface area contributed by atoms with Crippen molar-refractivity contribution in [1.82, 2.24) is 9.97 Å². The average Bonchev–Trinajstić information content (AvgIpc) is 3.13. The molecule has 1 fully saturated rings. The van der Waals surface area contributed by atoms with E-state index in [9.17, 15) is 4.79 Å². The van der Waals surface area contributed by atoms with Crippen LogP contribution in [-0.4, -0.2) is 15.9 Å². The van der Waals surface area contributed by atoms with Gasteiger partial charge < -0.3 is 0 Å². The van der Waals surface area contributed by atoms with Gasteiger partial charge in [0.25, 0.3) is 5.91 Å². The minimum Gasteiger partial charge on any atom is -0.298 e. The van der Waals surface area contributed by atoms with Crippen molar-refractivity contribution in [3.63, 3.8) is 0 Å². The van der Waals surface area contributed by atoms with E-state index in [1.54, 1.807) is 0 Å². The molecule has 3 rings (SSSR count).